The molecule has 0 heterocycles. The molecule has 0 atom stereocenters. The van der Waals surface area contributed by atoms with Crippen LogP contribution in [0, 0.1) is 0 Å². The predicted molar refractivity (Wildman–Crippen MR) is 65.5 cm³/mol. The molecule has 1 aromatic carbocycles. The van der Waals surface area contributed by atoms with Gasteiger partial charge in [0, 0.05) is 4.47 Å². The molecule has 0 saturated carbocycles. The van der Waals surface area contributed by atoms with E-state index in [-0.39, 0.29) is 5.92 Å². The van der Waals surface area contributed by atoms with Crippen LogP contribution in [-0.2, 0) is 10.1 Å². The van der Waals surface area contributed by atoms with Gasteiger partial charge in [-0.1, -0.05) is 29.8 Å². The Labute approximate surface area is 116 Å². The summed E-state index contributed by atoms with van der Waals surface area (Å²) in [6, 6.07) is 2.13. The summed E-state index contributed by atoms with van der Waals surface area (Å²) < 4.78 is 62.7. The highest BCUT2D eigenvalue weighted by molar-refractivity contribution is 9.10. The van der Waals surface area contributed by atoms with Crippen LogP contribution in [0.1, 0.15) is 25.3 Å². The minimum absolute atomic E-state index is 0.106. The van der Waals surface area contributed by atoms with Gasteiger partial charge in [-0.3, -0.25) is 0 Å². The first-order chi connectivity index (χ1) is 8.45. The Hall–Kier alpha value is -0.960. The lowest BCUT2D eigenvalue weighted by molar-refractivity contribution is -0.0500. The normalized spacial score (nSPS) is 12.8. The summed E-state index contributed by atoms with van der Waals surface area (Å²) in [6.45, 7) is 3.50. The van der Waals surface area contributed by atoms with Crippen LogP contribution in [0.4, 0.5) is 13.2 Å². The molecule has 0 amide bonds. The molecule has 0 bridgehead atoms. The molecule has 0 unspecified atom stereocenters. The molecule has 108 valence electrons. The summed E-state index contributed by atoms with van der Waals surface area (Å²) >= 11 is 3.11. The number of aromatic hydroxyl groups is 1. The van der Waals surface area contributed by atoms with Crippen molar-refractivity contribution >= 4 is 26.0 Å². The van der Waals surface area contributed by atoms with E-state index in [0.717, 1.165) is 12.1 Å². The second kappa shape index (κ2) is 5.20. The van der Waals surface area contributed by atoms with Gasteiger partial charge < -0.3 is 9.29 Å². The molecular formula is C10H10BrF3O4S. The zero-order chi connectivity index (χ0) is 15.0. The summed E-state index contributed by atoms with van der Waals surface area (Å²) in [5.74, 6) is -1.57. The lowest BCUT2D eigenvalue weighted by Crippen LogP contribution is -2.28. The number of benzene rings is 1. The number of rotatable bonds is 3. The zero-order valence-electron chi connectivity index (χ0n) is 9.82. The molecule has 4 nitrogen and oxygen atoms in total. The van der Waals surface area contributed by atoms with Crippen molar-refractivity contribution in [1.29, 1.82) is 0 Å². The molecule has 0 spiro atoms. The molecule has 1 N–H and O–H groups in total. The number of hydrogen-bond donors (Lipinski definition) is 1. The summed E-state index contributed by atoms with van der Waals surface area (Å²) in [6.07, 6.45) is 0. The summed E-state index contributed by atoms with van der Waals surface area (Å²) in [4.78, 5) is 0. The van der Waals surface area contributed by atoms with Crippen LogP contribution in [0.25, 0.3) is 0 Å². The molecule has 19 heavy (non-hydrogen) atoms. The van der Waals surface area contributed by atoms with E-state index >= 15 is 0 Å². The Bertz CT molecular complexity index is 581. The van der Waals surface area contributed by atoms with E-state index in [1.54, 1.807) is 13.8 Å². The van der Waals surface area contributed by atoms with E-state index in [1.807, 2.05) is 0 Å². The van der Waals surface area contributed by atoms with Crippen LogP contribution >= 0.6 is 15.9 Å². The topological polar surface area (TPSA) is 63.6 Å². The lowest BCUT2D eigenvalue weighted by atomic mass is 10.0. The minimum atomic E-state index is -5.80. The number of phenols is 1. The third-order valence-electron chi connectivity index (χ3n) is 2.18. The fourth-order valence-electron chi connectivity index (χ4n) is 1.23. The number of phenolic OH excluding ortho intramolecular Hbond substituents is 1. The van der Waals surface area contributed by atoms with Gasteiger partial charge in [0.1, 0.15) is 0 Å². The first-order valence-corrected chi connectivity index (χ1v) is 7.19. The summed E-state index contributed by atoms with van der Waals surface area (Å²) in [5, 5.41) is 9.44. The monoisotopic (exact) mass is 362 g/mol. The number of halogens is 4. The SMILES string of the molecule is CC(C)c1cc(OS(=O)(=O)C(F)(F)F)c(O)cc1Br. The Morgan fingerprint density at radius 3 is 2.26 bits per heavy atom. The molecule has 0 fully saturated rings. The number of alkyl halides is 3. The van der Waals surface area contributed by atoms with E-state index in [0.29, 0.717) is 10.0 Å². The Kier molecular flexibility index (Phi) is 4.40. The molecule has 9 heteroatoms. The van der Waals surface area contributed by atoms with Gasteiger partial charge in [-0.15, -0.1) is 0 Å². The van der Waals surface area contributed by atoms with Crippen molar-refractivity contribution in [1.82, 2.24) is 0 Å². The van der Waals surface area contributed by atoms with E-state index in [9.17, 15) is 26.7 Å². The maximum atomic E-state index is 12.2. The average molecular weight is 363 g/mol. The second-order valence-corrected chi connectivity index (χ2v) is 6.37. The molecule has 1 aromatic rings. The van der Waals surface area contributed by atoms with Crippen LogP contribution < -0.4 is 4.18 Å². The molecule has 0 aliphatic rings. The molecule has 0 saturated heterocycles. The van der Waals surface area contributed by atoms with E-state index in [2.05, 4.69) is 20.1 Å². The molecule has 0 aliphatic carbocycles. The van der Waals surface area contributed by atoms with Crippen molar-refractivity contribution in [3.63, 3.8) is 0 Å². The van der Waals surface area contributed by atoms with Crippen LogP contribution in [0.5, 0.6) is 11.5 Å². The van der Waals surface area contributed by atoms with E-state index in [1.165, 1.54) is 0 Å². The highest BCUT2D eigenvalue weighted by Gasteiger charge is 2.49. The lowest BCUT2D eigenvalue weighted by Gasteiger charge is -2.14. The smallest absolute Gasteiger partial charge is 0.504 e. The predicted octanol–water partition coefficient (Wildman–Crippen LogP) is 3.51. The number of hydrogen-bond acceptors (Lipinski definition) is 4. The van der Waals surface area contributed by atoms with Crippen LogP contribution in [0.15, 0.2) is 16.6 Å². The largest absolute Gasteiger partial charge is 0.534 e. The van der Waals surface area contributed by atoms with Crippen molar-refractivity contribution < 1.29 is 30.9 Å². The van der Waals surface area contributed by atoms with Crippen molar-refractivity contribution in [3.8, 4) is 11.5 Å². The molecule has 0 aromatic heterocycles. The van der Waals surface area contributed by atoms with Gasteiger partial charge in [0.2, 0.25) is 0 Å². The van der Waals surface area contributed by atoms with Gasteiger partial charge in [0.15, 0.2) is 11.5 Å². The Balaban J connectivity index is 3.27. The first kappa shape index (κ1) is 16.1. The minimum Gasteiger partial charge on any atom is -0.504 e. The van der Waals surface area contributed by atoms with Crippen molar-refractivity contribution in [2.24, 2.45) is 0 Å². The van der Waals surface area contributed by atoms with E-state index < -0.39 is 27.1 Å². The Morgan fingerprint density at radius 1 is 1.32 bits per heavy atom. The molecule has 0 radical (unpaired) electrons. The fraction of sp³-hybridized carbons (Fsp3) is 0.400. The van der Waals surface area contributed by atoms with Crippen LogP contribution in [-0.4, -0.2) is 19.0 Å². The molecular weight excluding hydrogens is 353 g/mol. The molecule has 1 rings (SSSR count). The Morgan fingerprint density at radius 2 is 1.84 bits per heavy atom. The van der Waals surface area contributed by atoms with Gasteiger partial charge in [-0.25, -0.2) is 0 Å². The van der Waals surface area contributed by atoms with Crippen molar-refractivity contribution in [3.05, 3.63) is 22.2 Å². The second-order valence-electron chi connectivity index (χ2n) is 3.98. The maximum Gasteiger partial charge on any atom is 0.534 e. The fourth-order valence-corrected chi connectivity index (χ4v) is 2.49. The highest BCUT2D eigenvalue weighted by atomic mass is 79.9. The third kappa shape index (κ3) is 3.53. The summed E-state index contributed by atoms with van der Waals surface area (Å²) in [5.41, 5.74) is -5.05. The van der Waals surface area contributed by atoms with Crippen molar-refractivity contribution in [2.45, 2.75) is 25.3 Å². The standard InChI is InChI=1S/C10H10BrF3O4S/c1-5(2)6-3-9(8(15)4-7(6)11)18-19(16,17)10(12,13)14/h3-5,15H,1-2H3. The van der Waals surface area contributed by atoms with Gasteiger partial charge in [0.25, 0.3) is 0 Å². The zero-order valence-corrected chi connectivity index (χ0v) is 12.2. The average Bonchev–Trinajstić information content (AvgIpc) is 2.19. The maximum absolute atomic E-state index is 12.2. The summed E-state index contributed by atoms with van der Waals surface area (Å²) in [7, 11) is -5.80. The third-order valence-corrected chi connectivity index (χ3v) is 3.84. The quantitative estimate of drug-likeness (QED) is 0.660. The van der Waals surface area contributed by atoms with Crippen LogP contribution in [0.2, 0.25) is 0 Å². The van der Waals surface area contributed by atoms with Gasteiger partial charge in [0.05, 0.1) is 0 Å². The van der Waals surface area contributed by atoms with Gasteiger partial charge in [-0.2, -0.15) is 21.6 Å². The van der Waals surface area contributed by atoms with Gasteiger partial charge in [-0.05, 0) is 23.6 Å². The highest BCUT2D eigenvalue weighted by Crippen LogP contribution is 2.38. The van der Waals surface area contributed by atoms with E-state index in [4.69, 9.17) is 0 Å². The van der Waals surface area contributed by atoms with Crippen molar-refractivity contribution in [2.75, 3.05) is 0 Å². The first-order valence-electron chi connectivity index (χ1n) is 4.99. The van der Waals surface area contributed by atoms with Gasteiger partial charge >= 0.3 is 15.6 Å². The molecule has 0 aliphatic heterocycles. The van der Waals surface area contributed by atoms with Crippen LogP contribution in [0.3, 0.4) is 0 Å².